The van der Waals surface area contributed by atoms with Crippen LogP contribution in [0.3, 0.4) is 0 Å². The number of carbonyl (C=O) groups is 1. The number of benzene rings is 2. The van der Waals surface area contributed by atoms with E-state index in [1.807, 2.05) is 6.07 Å². The zero-order valence-electron chi connectivity index (χ0n) is 9.99. The van der Waals surface area contributed by atoms with E-state index in [1.165, 1.54) is 12.1 Å². The summed E-state index contributed by atoms with van der Waals surface area (Å²) >= 11 is 5.76. The van der Waals surface area contributed by atoms with E-state index in [9.17, 15) is 9.18 Å². The molecule has 2 rings (SSSR count). The third-order valence-electron chi connectivity index (χ3n) is 2.63. The van der Waals surface area contributed by atoms with Crippen LogP contribution in [0.2, 0.25) is 5.02 Å². The Balaban J connectivity index is 2.16. The number of hydrogen-bond acceptors (Lipinski definition) is 2. The first-order valence-corrected chi connectivity index (χ1v) is 6.02. The van der Waals surface area contributed by atoms with Crippen LogP contribution in [0.25, 0.3) is 0 Å². The van der Waals surface area contributed by atoms with Crippen LogP contribution in [0.4, 0.5) is 10.1 Å². The molecule has 98 valence electrons. The maximum Gasteiger partial charge on any atom is 0.249 e. The number of nitrogens with one attached hydrogen (secondary N) is 1. The normalized spacial score (nSPS) is 10.2. The number of amides is 1. The smallest absolute Gasteiger partial charge is 0.249 e. The highest BCUT2D eigenvalue weighted by molar-refractivity contribution is 6.30. The molecule has 3 N–H and O–H groups in total. The minimum Gasteiger partial charge on any atom is -0.381 e. The van der Waals surface area contributed by atoms with E-state index in [0.29, 0.717) is 22.8 Å². The van der Waals surface area contributed by atoms with Gasteiger partial charge in [0, 0.05) is 22.8 Å². The molecular formula is C14H12ClFN2O. The largest absolute Gasteiger partial charge is 0.381 e. The summed E-state index contributed by atoms with van der Waals surface area (Å²) in [6.45, 7) is 0.360. The summed E-state index contributed by atoms with van der Waals surface area (Å²) in [7, 11) is 0. The first kappa shape index (κ1) is 13.4. The van der Waals surface area contributed by atoms with Gasteiger partial charge in [-0.3, -0.25) is 4.79 Å². The molecule has 0 unspecified atom stereocenters. The third kappa shape index (κ3) is 3.45. The summed E-state index contributed by atoms with van der Waals surface area (Å²) in [5, 5.41) is 3.32. The Morgan fingerprint density at radius 1 is 1.26 bits per heavy atom. The van der Waals surface area contributed by atoms with Gasteiger partial charge in [-0.1, -0.05) is 29.8 Å². The fourth-order valence-electron chi connectivity index (χ4n) is 1.77. The topological polar surface area (TPSA) is 55.1 Å². The van der Waals surface area contributed by atoms with Gasteiger partial charge in [0.2, 0.25) is 5.91 Å². The predicted molar refractivity (Wildman–Crippen MR) is 73.7 cm³/mol. The molecule has 0 atom stereocenters. The maximum atomic E-state index is 13.2. The highest BCUT2D eigenvalue weighted by Crippen LogP contribution is 2.19. The predicted octanol–water partition coefficient (Wildman–Crippen LogP) is 3.19. The first-order valence-electron chi connectivity index (χ1n) is 5.64. The van der Waals surface area contributed by atoms with E-state index in [1.54, 1.807) is 24.3 Å². The molecule has 0 aliphatic heterocycles. The molecule has 19 heavy (non-hydrogen) atoms. The van der Waals surface area contributed by atoms with Gasteiger partial charge in [-0.05, 0) is 29.8 Å². The Morgan fingerprint density at radius 3 is 2.68 bits per heavy atom. The molecule has 0 spiro atoms. The standard InChI is InChI=1S/C14H12ClFN2O/c15-10-5-11(16)7-12(6-10)18-8-9-3-1-2-4-13(9)14(17)19/h1-7,18H,8H2,(H2,17,19). The Kier molecular flexibility index (Phi) is 4.02. The van der Waals surface area contributed by atoms with Crippen LogP contribution in [-0.4, -0.2) is 5.91 Å². The van der Waals surface area contributed by atoms with Crippen molar-refractivity contribution < 1.29 is 9.18 Å². The first-order chi connectivity index (χ1) is 9.06. The van der Waals surface area contributed by atoms with Crippen LogP contribution in [0.5, 0.6) is 0 Å². The summed E-state index contributed by atoms with van der Waals surface area (Å²) in [5.74, 6) is -0.909. The molecular weight excluding hydrogens is 267 g/mol. The van der Waals surface area contributed by atoms with Crippen LogP contribution < -0.4 is 11.1 Å². The summed E-state index contributed by atoms with van der Waals surface area (Å²) in [4.78, 5) is 11.3. The molecule has 0 saturated carbocycles. The lowest BCUT2D eigenvalue weighted by Crippen LogP contribution is -2.15. The minimum atomic E-state index is -0.491. The molecule has 0 aliphatic rings. The van der Waals surface area contributed by atoms with Gasteiger partial charge >= 0.3 is 0 Å². The van der Waals surface area contributed by atoms with E-state index in [-0.39, 0.29) is 0 Å². The van der Waals surface area contributed by atoms with Crippen molar-refractivity contribution in [3.05, 3.63) is 64.4 Å². The maximum absolute atomic E-state index is 13.2. The average molecular weight is 279 g/mol. The van der Waals surface area contributed by atoms with Crippen molar-refractivity contribution in [2.45, 2.75) is 6.54 Å². The second kappa shape index (κ2) is 5.71. The molecule has 0 radical (unpaired) electrons. The molecule has 1 amide bonds. The SMILES string of the molecule is NC(=O)c1ccccc1CNc1cc(F)cc(Cl)c1. The lowest BCUT2D eigenvalue weighted by molar-refractivity contribution is 0.0999. The van der Waals surface area contributed by atoms with Crippen molar-refractivity contribution >= 4 is 23.2 Å². The van der Waals surface area contributed by atoms with Crippen molar-refractivity contribution in [1.29, 1.82) is 0 Å². The van der Waals surface area contributed by atoms with Gasteiger partial charge < -0.3 is 11.1 Å². The Labute approximate surface area is 115 Å². The molecule has 5 heteroatoms. The van der Waals surface area contributed by atoms with Crippen LogP contribution in [-0.2, 0) is 6.54 Å². The van der Waals surface area contributed by atoms with E-state index in [4.69, 9.17) is 17.3 Å². The highest BCUT2D eigenvalue weighted by atomic mass is 35.5. The number of hydrogen-bond donors (Lipinski definition) is 2. The van der Waals surface area contributed by atoms with Gasteiger partial charge in [-0.25, -0.2) is 4.39 Å². The van der Waals surface area contributed by atoms with E-state index >= 15 is 0 Å². The fourth-order valence-corrected chi connectivity index (χ4v) is 1.99. The Morgan fingerprint density at radius 2 is 2.00 bits per heavy atom. The third-order valence-corrected chi connectivity index (χ3v) is 2.85. The Hall–Kier alpha value is -2.07. The van der Waals surface area contributed by atoms with Crippen molar-refractivity contribution in [3.8, 4) is 0 Å². The molecule has 0 bridgehead atoms. The van der Waals surface area contributed by atoms with Crippen LogP contribution in [0.15, 0.2) is 42.5 Å². The number of rotatable bonds is 4. The van der Waals surface area contributed by atoms with Gasteiger partial charge in [-0.15, -0.1) is 0 Å². The molecule has 0 fully saturated rings. The van der Waals surface area contributed by atoms with E-state index < -0.39 is 11.7 Å². The molecule has 0 aliphatic carbocycles. The number of primary amides is 1. The van der Waals surface area contributed by atoms with E-state index in [0.717, 1.165) is 5.56 Å². The van der Waals surface area contributed by atoms with E-state index in [2.05, 4.69) is 5.32 Å². The van der Waals surface area contributed by atoms with Gasteiger partial charge in [0.1, 0.15) is 5.82 Å². The quantitative estimate of drug-likeness (QED) is 0.902. The van der Waals surface area contributed by atoms with Crippen molar-refractivity contribution in [1.82, 2.24) is 0 Å². The van der Waals surface area contributed by atoms with Crippen LogP contribution >= 0.6 is 11.6 Å². The molecule has 2 aromatic rings. The van der Waals surface area contributed by atoms with Gasteiger partial charge in [0.25, 0.3) is 0 Å². The molecule has 3 nitrogen and oxygen atoms in total. The minimum absolute atomic E-state index is 0.311. The zero-order valence-corrected chi connectivity index (χ0v) is 10.7. The molecule has 0 heterocycles. The Bertz CT molecular complexity index is 596. The van der Waals surface area contributed by atoms with Gasteiger partial charge in [-0.2, -0.15) is 0 Å². The van der Waals surface area contributed by atoms with Gasteiger partial charge in [0.05, 0.1) is 0 Å². The average Bonchev–Trinajstić information content (AvgIpc) is 2.35. The van der Waals surface area contributed by atoms with Crippen LogP contribution in [0, 0.1) is 5.82 Å². The van der Waals surface area contributed by atoms with Gasteiger partial charge in [0.15, 0.2) is 0 Å². The number of nitrogens with two attached hydrogens (primary N) is 1. The summed E-state index contributed by atoms with van der Waals surface area (Å²) in [6.07, 6.45) is 0. The van der Waals surface area contributed by atoms with Crippen molar-refractivity contribution in [2.75, 3.05) is 5.32 Å². The zero-order chi connectivity index (χ0) is 13.8. The number of carbonyl (C=O) groups excluding carboxylic acids is 1. The second-order valence-corrected chi connectivity index (χ2v) is 4.47. The second-order valence-electron chi connectivity index (χ2n) is 4.03. The van der Waals surface area contributed by atoms with Crippen molar-refractivity contribution in [2.24, 2.45) is 5.73 Å². The lowest BCUT2D eigenvalue weighted by atomic mass is 10.1. The number of halogens is 2. The summed E-state index contributed by atoms with van der Waals surface area (Å²) in [5.41, 5.74) is 7.02. The fraction of sp³-hybridized carbons (Fsp3) is 0.0714. The monoisotopic (exact) mass is 278 g/mol. The highest BCUT2D eigenvalue weighted by Gasteiger charge is 2.07. The molecule has 0 aromatic heterocycles. The lowest BCUT2D eigenvalue weighted by Gasteiger charge is -2.10. The molecule has 0 saturated heterocycles. The van der Waals surface area contributed by atoms with Crippen LogP contribution in [0.1, 0.15) is 15.9 Å². The summed E-state index contributed by atoms with van der Waals surface area (Å²) < 4.78 is 13.2. The van der Waals surface area contributed by atoms with Crippen molar-refractivity contribution in [3.63, 3.8) is 0 Å². The molecule has 2 aromatic carbocycles. The summed E-state index contributed by atoms with van der Waals surface area (Å²) in [6, 6.07) is 11.1. The number of anilines is 1.